The van der Waals surface area contributed by atoms with Crippen molar-refractivity contribution in [3.05, 3.63) is 52.2 Å². The molecule has 0 aliphatic rings. The normalized spacial score (nSPS) is 10.0. The van der Waals surface area contributed by atoms with Gasteiger partial charge in [0.05, 0.1) is 17.9 Å². The van der Waals surface area contributed by atoms with Crippen LogP contribution in [0.2, 0.25) is 0 Å². The van der Waals surface area contributed by atoms with Gasteiger partial charge in [0.1, 0.15) is 11.6 Å². The van der Waals surface area contributed by atoms with Gasteiger partial charge in [0.25, 0.3) is 5.56 Å². The standard InChI is InChI=1S/C12H8FN3OS/c13-18-7-11-10(8-1-3-15-4-2-8)5-9(6-14)12(17)16-11/h1-5H,7H2,(H,16,17). The first-order valence-electron chi connectivity index (χ1n) is 5.06. The van der Waals surface area contributed by atoms with E-state index in [1.807, 2.05) is 6.07 Å². The minimum Gasteiger partial charge on any atom is -0.324 e. The van der Waals surface area contributed by atoms with Crippen LogP contribution in [-0.4, -0.2) is 9.97 Å². The number of aromatic nitrogens is 2. The van der Waals surface area contributed by atoms with E-state index in [2.05, 4.69) is 9.97 Å². The third-order valence-corrected chi connectivity index (χ3v) is 2.83. The highest BCUT2D eigenvalue weighted by Crippen LogP contribution is 2.24. The van der Waals surface area contributed by atoms with Crippen LogP contribution in [0.15, 0.2) is 35.4 Å². The summed E-state index contributed by atoms with van der Waals surface area (Å²) in [5, 5.41) is 8.85. The number of hydrogen-bond donors (Lipinski definition) is 1. The van der Waals surface area contributed by atoms with Crippen LogP contribution in [0.5, 0.6) is 0 Å². The first-order chi connectivity index (χ1) is 8.76. The molecule has 6 heteroatoms. The molecule has 1 N–H and O–H groups in total. The van der Waals surface area contributed by atoms with Crippen LogP contribution in [0, 0.1) is 11.3 Å². The smallest absolute Gasteiger partial charge is 0.266 e. The number of rotatable bonds is 3. The molecule has 0 unspecified atom stereocenters. The van der Waals surface area contributed by atoms with Gasteiger partial charge in [-0.1, -0.05) is 0 Å². The van der Waals surface area contributed by atoms with Crippen molar-refractivity contribution in [1.82, 2.24) is 9.97 Å². The minimum absolute atomic E-state index is 0.00872. The predicted molar refractivity (Wildman–Crippen MR) is 67.4 cm³/mol. The van der Waals surface area contributed by atoms with Crippen LogP contribution >= 0.6 is 12.1 Å². The lowest BCUT2D eigenvalue weighted by Gasteiger charge is -2.07. The number of nitrogens with zero attached hydrogens (tertiary/aromatic N) is 2. The second-order valence-electron chi connectivity index (χ2n) is 3.51. The Bertz CT molecular complexity index is 649. The highest BCUT2D eigenvalue weighted by atomic mass is 32.2. The third-order valence-electron chi connectivity index (χ3n) is 2.43. The molecular weight excluding hydrogens is 253 g/mol. The number of aromatic amines is 1. The Hall–Kier alpha value is -2.13. The van der Waals surface area contributed by atoms with Gasteiger partial charge in [-0.3, -0.25) is 9.78 Å². The molecular formula is C12H8FN3OS. The molecule has 0 saturated heterocycles. The summed E-state index contributed by atoms with van der Waals surface area (Å²) in [6.07, 6.45) is 3.19. The molecule has 0 aliphatic carbocycles. The van der Waals surface area contributed by atoms with Crippen molar-refractivity contribution in [3.8, 4) is 17.2 Å². The summed E-state index contributed by atoms with van der Waals surface area (Å²) in [7, 11) is 0. The fourth-order valence-corrected chi connectivity index (χ4v) is 1.95. The average molecular weight is 261 g/mol. The summed E-state index contributed by atoms with van der Waals surface area (Å²) in [5.74, 6) is 0.0264. The maximum absolute atomic E-state index is 12.4. The zero-order valence-corrected chi connectivity index (χ0v) is 10.00. The maximum Gasteiger partial charge on any atom is 0.266 e. The van der Waals surface area contributed by atoms with Gasteiger partial charge in [0.15, 0.2) is 0 Å². The van der Waals surface area contributed by atoms with Gasteiger partial charge in [-0.25, -0.2) is 0 Å². The predicted octanol–water partition coefficient (Wildman–Crippen LogP) is 2.43. The topological polar surface area (TPSA) is 69.5 Å². The zero-order chi connectivity index (χ0) is 13.0. The van der Waals surface area contributed by atoms with Crippen LogP contribution in [0.3, 0.4) is 0 Å². The highest BCUT2D eigenvalue weighted by molar-refractivity contribution is 7.93. The number of nitriles is 1. The molecule has 0 saturated carbocycles. The molecule has 0 radical (unpaired) electrons. The molecule has 0 bridgehead atoms. The van der Waals surface area contributed by atoms with Crippen LogP contribution in [0.1, 0.15) is 11.3 Å². The van der Waals surface area contributed by atoms with Gasteiger partial charge >= 0.3 is 0 Å². The first-order valence-corrected chi connectivity index (χ1v) is 5.95. The number of H-pyrrole nitrogens is 1. The van der Waals surface area contributed by atoms with Gasteiger partial charge in [-0.15, -0.1) is 0 Å². The summed E-state index contributed by atoms with van der Waals surface area (Å²) in [6.45, 7) is 0. The Morgan fingerprint density at radius 3 is 2.78 bits per heavy atom. The number of hydrogen-bond acceptors (Lipinski definition) is 4. The van der Waals surface area contributed by atoms with Crippen LogP contribution < -0.4 is 5.56 Å². The van der Waals surface area contributed by atoms with E-state index >= 15 is 0 Å². The minimum atomic E-state index is -0.501. The van der Waals surface area contributed by atoms with Crippen molar-refractivity contribution in [3.63, 3.8) is 0 Å². The Kier molecular flexibility index (Phi) is 3.75. The molecule has 0 fully saturated rings. The lowest BCUT2D eigenvalue weighted by Crippen LogP contribution is -2.13. The van der Waals surface area contributed by atoms with Crippen LogP contribution in [0.4, 0.5) is 3.89 Å². The monoisotopic (exact) mass is 261 g/mol. The molecule has 2 aromatic heterocycles. The molecule has 0 spiro atoms. The third kappa shape index (κ3) is 2.41. The molecule has 2 rings (SSSR count). The molecule has 0 atom stereocenters. The van der Waals surface area contributed by atoms with E-state index in [-0.39, 0.29) is 23.5 Å². The fourth-order valence-electron chi connectivity index (χ4n) is 1.61. The summed E-state index contributed by atoms with van der Waals surface area (Å²) in [4.78, 5) is 17.9. The van der Waals surface area contributed by atoms with E-state index in [4.69, 9.17) is 5.26 Å². The SMILES string of the molecule is N#Cc1cc(-c2ccncc2)c(CSF)[nH]c1=O. The highest BCUT2D eigenvalue weighted by Gasteiger charge is 2.10. The lowest BCUT2D eigenvalue weighted by atomic mass is 10.0. The molecule has 0 aliphatic heterocycles. The van der Waals surface area contributed by atoms with Crippen LogP contribution in [0.25, 0.3) is 11.1 Å². The molecule has 90 valence electrons. The van der Waals surface area contributed by atoms with Gasteiger partial charge in [-0.2, -0.15) is 9.15 Å². The molecule has 0 aromatic carbocycles. The van der Waals surface area contributed by atoms with Crippen molar-refractivity contribution >= 4 is 12.1 Å². The second-order valence-corrected chi connectivity index (χ2v) is 4.01. The van der Waals surface area contributed by atoms with E-state index < -0.39 is 5.56 Å². The van der Waals surface area contributed by atoms with Gasteiger partial charge < -0.3 is 4.98 Å². The van der Waals surface area contributed by atoms with Gasteiger partial charge in [-0.05, 0) is 23.8 Å². The Morgan fingerprint density at radius 2 is 2.17 bits per heavy atom. The summed E-state index contributed by atoms with van der Waals surface area (Å²) < 4.78 is 12.4. The first kappa shape index (κ1) is 12.3. The van der Waals surface area contributed by atoms with Gasteiger partial charge in [0.2, 0.25) is 0 Å². The Morgan fingerprint density at radius 1 is 1.44 bits per heavy atom. The van der Waals surface area contributed by atoms with Gasteiger partial charge in [0, 0.05) is 23.7 Å². The maximum atomic E-state index is 12.4. The van der Waals surface area contributed by atoms with E-state index in [1.165, 1.54) is 6.07 Å². The number of halogens is 1. The van der Waals surface area contributed by atoms with Crippen molar-refractivity contribution in [1.29, 1.82) is 5.26 Å². The zero-order valence-electron chi connectivity index (χ0n) is 9.18. The van der Waals surface area contributed by atoms with Crippen molar-refractivity contribution < 1.29 is 3.89 Å². The molecule has 18 heavy (non-hydrogen) atoms. The quantitative estimate of drug-likeness (QED) is 0.921. The Balaban J connectivity index is 2.64. The van der Waals surface area contributed by atoms with Crippen molar-refractivity contribution in [2.45, 2.75) is 5.75 Å². The summed E-state index contributed by atoms with van der Waals surface area (Å²) in [6, 6.07) is 6.76. The van der Waals surface area contributed by atoms with E-state index in [9.17, 15) is 8.68 Å². The molecule has 4 nitrogen and oxygen atoms in total. The van der Waals surface area contributed by atoms with Crippen molar-refractivity contribution in [2.75, 3.05) is 0 Å². The molecule has 2 aromatic rings. The average Bonchev–Trinajstić information content (AvgIpc) is 2.40. The summed E-state index contributed by atoms with van der Waals surface area (Å²) in [5.41, 5.74) is 1.38. The molecule has 0 amide bonds. The largest absolute Gasteiger partial charge is 0.324 e. The molecule has 2 heterocycles. The van der Waals surface area contributed by atoms with Crippen LogP contribution in [-0.2, 0) is 5.75 Å². The number of pyridine rings is 2. The van der Waals surface area contributed by atoms with E-state index in [0.717, 1.165) is 5.56 Å². The lowest BCUT2D eigenvalue weighted by molar-refractivity contribution is 0.928. The number of nitrogens with one attached hydrogen (secondary N) is 1. The Labute approximate surface area is 107 Å². The van der Waals surface area contributed by atoms with Crippen molar-refractivity contribution in [2.24, 2.45) is 0 Å². The summed E-state index contributed by atoms with van der Waals surface area (Å²) >= 11 is 0.117. The van der Waals surface area contributed by atoms with E-state index in [0.29, 0.717) is 11.3 Å². The second kappa shape index (κ2) is 5.47. The fraction of sp³-hybridized carbons (Fsp3) is 0.0833. The van der Waals surface area contributed by atoms with E-state index in [1.54, 1.807) is 24.5 Å².